The molecule has 164 valence electrons. The molecular weight excluding hydrogens is 446 g/mol. The molecule has 2 aromatic carbocycles. The number of benzene rings is 2. The number of para-hydroxylation sites is 1. The summed E-state index contributed by atoms with van der Waals surface area (Å²) in [5, 5.41) is 5.22. The Kier molecular flexibility index (Phi) is 6.77. The summed E-state index contributed by atoms with van der Waals surface area (Å²) in [7, 11) is 3.15. The predicted molar refractivity (Wildman–Crippen MR) is 127 cm³/mol. The summed E-state index contributed by atoms with van der Waals surface area (Å²) in [4.78, 5) is 30.2. The van der Waals surface area contributed by atoms with Gasteiger partial charge in [-0.05, 0) is 41.3 Å². The maximum atomic E-state index is 13.1. The van der Waals surface area contributed by atoms with Gasteiger partial charge in [0.1, 0.15) is 4.70 Å². The number of carbonyl (C=O) groups is 1. The van der Waals surface area contributed by atoms with Crippen molar-refractivity contribution in [2.45, 2.75) is 11.7 Å². The molecule has 0 aliphatic carbocycles. The number of carbonyl (C=O) groups excluding carboxylic acids is 1. The van der Waals surface area contributed by atoms with E-state index in [2.05, 4.69) is 10.3 Å². The normalized spacial score (nSPS) is 10.8. The van der Waals surface area contributed by atoms with Crippen molar-refractivity contribution in [3.63, 3.8) is 0 Å². The summed E-state index contributed by atoms with van der Waals surface area (Å²) in [5.74, 6) is 1.20. The summed E-state index contributed by atoms with van der Waals surface area (Å²) in [6.45, 7) is 0.349. The van der Waals surface area contributed by atoms with Gasteiger partial charge in [-0.25, -0.2) is 4.98 Å². The molecule has 4 rings (SSSR count). The van der Waals surface area contributed by atoms with Crippen molar-refractivity contribution in [1.82, 2.24) is 14.9 Å². The van der Waals surface area contributed by atoms with Crippen LogP contribution in [0.1, 0.15) is 5.56 Å². The first kappa shape index (κ1) is 21.9. The van der Waals surface area contributed by atoms with Crippen LogP contribution in [0.4, 0.5) is 0 Å². The fourth-order valence-electron chi connectivity index (χ4n) is 3.17. The van der Waals surface area contributed by atoms with Crippen LogP contribution < -0.4 is 20.3 Å². The Balaban J connectivity index is 1.49. The quantitative estimate of drug-likeness (QED) is 0.313. The minimum absolute atomic E-state index is 0.127. The Bertz CT molecular complexity index is 1300. The zero-order valence-corrected chi connectivity index (χ0v) is 19.2. The van der Waals surface area contributed by atoms with Gasteiger partial charge in [-0.1, -0.05) is 36.0 Å². The molecule has 0 aliphatic rings. The largest absolute Gasteiger partial charge is 0.493 e. The number of methoxy groups -OCH3 is 2. The molecule has 7 nitrogen and oxygen atoms in total. The third-order valence-electron chi connectivity index (χ3n) is 4.73. The molecule has 9 heteroatoms. The van der Waals surface area contributed by atoms with Crippen LogP contribution in [0.3, 0.4) is 0 Å². The number of hydrogen-bond acceptors (Lipinski definition) is 7. The third-order valence-corrected chi connectivity index (χ3v) is 6.56. The molecule has 2 aromatic heterocycles. The molecule has 0 aliphatic heterocycles. The van der Waals surface area contributed by atoms with Gasteiger partial charge in [0.25, 0.3) is 5.56 Å². The van der Waals surface area contributed by atoms with E-state index in [-0.39, 0.29) is 17.2 Å². The first-order valence-corrected chi connectivity index (χ1v) is 11.6. The van der Waals surface area contributed by atoms with Gasteiger partial charge in [0, 0.05) is 6.54 Å². The van der Waals surface area contributed by atoms with Crippen LogP contribution in [0, 0.1) is 0 Å². The topological polar surface area (TPSA) is 82.5 Å². The highest BCUT2D eigenvalue weighted by atomic mass is 32.2. The van der Waals surface area contributed by atoms with Crippen LogP contribution in [0.2, 0.25) is 0 Å². The summed E-state index contributed by atoms with van der Waals surface area (Å²) in [6.07, 6.45) is 0. The molecule has 0 atom stereocenters. The number of ether oxygens (including phenoxy) is 2. The Morgan fingerprint density at radius 2 is 1.88 bits per heavy atom. The molecule has 0 unspecified atom stereocenters. The number of rotatable bonds is 8. The van der Waals surface area contributed by atoms with Crippen LogP contribution in [0.15, 0.2) is 69.9 Å². The Labute approximate surface area is 193 Å². The number of thiophene rings is 1. The lowest BCUT2D eigenvalue weighted by Gasteiger charge is -2.12. The second kappa shape index (κ2) is 9.88. The summed E-state index contributed by atoms with van der Waals surface area (Å²) in [5.41, 5.74) is 2.11. The number of hydrogen-bond donors (Lipinski definition) is 1. The molecule has 1 amide bonds. The van der Waals surface area contributed by atoms with Gasteiger partial charge in [-0.3, -0.25) is 14.2 Å². The summed E-state index contributed by atoms with van der Waals surface area (Å²) in [6, 6.07) is 16.6. The van der Waals surface area contributed by atoms with E-state index in [0.29, 0.717) is 39.1 Å². The fourth-order valence-corrected chi connectivity index (χ4v) is 4.77. The minimum Gasteiger partial charge on any atom is -0.493 e. The second-order valence-corrected chi connectivity index (χ2v) is 8.62. The Morgan fingerprint density at radius 1 is 1.09 bits per heavy atom. The highest BCUT2D eigenvalue weighted by molar-refractivity contribution is 7.99. The molecular formula is C23H21N3O4S2. The van der Waals surface area contributed by atoms with Crippen molar-refractivity contribution in [2.75, 3.05) is 20.0 Å². The zero-order chi connectivity index (χ0) is 22.5. The first-order valence-electron chi connectivity index (χ1n) is 9.77. The molecule has 0 spiro atoms. The van der Waals surface area contributed by atoms with Crippen LogP contribution in [-0.2, 0) is 11.3 Å². The highest BCUT2D eigenvalue weighted by Crippen LogP contribution is 2.27. The van der Waals surface area contributed by atoms with Crippen LogP contribution in [0.25, 0.3) is 15.9 Å². The van der Waals surface area contributed by atoms with Gasteiger partial charge in [0.15, 0.2) is 16.7 Å². The van der Waals surface area contributed by atoms with Crippen molar-refractivity contribution in [3.05, 3.63) is 75.9 Å². The number of nitrogens with one attached hydrogen (secondary N) is 1. The van der Waals surface area contributed by atoms with Gasteiger partial charge < -0.3 is 14.8 Å². The lowest BCUT2D eigenvalue weighted by molar-refractivity contribution is -0.118. The van der Waals surface area contributed by atoms with Crippen LogP contribution in [-0.4, -0.2) is 35.4 Å². The van der Waals surface area contributed by atoms with Crippen molar-refractivity contribution < 1.29 is 14.3 Å². The van der Waals surface area contributed by atoms with Gasteiger partial charge >= 0.3 is 0 Å². The van der Waals surface area contributed by atoms with E-state index in [4.69, 9.17) is 9.47 Å². The van der Waals surface area contributed by atoms with E-state index in [1.165, 1.54) is 23.1 Å². The molecule has 0 fully saturated rings. The predicted octanol–water partition coefficient (Wildman–Crippen LogP) is 3.87. The maximum absolute atomic E-state index is 13.1. The van der Waals surface area contributed by atoms with Crippen molar-refractivity contribution in [3.8, 4) is 17.2 Å². The molecule has 0 saturated heterocycles. The summed E-state index contributed by atoms with van der Waals surface area (Å²) < 4.78 is 12.7. The van der Waals surface area contributed by atoms with E-state index in [9.17, 15) is 9.59 Å². The van der Waals surface area contributed by atoms with E-state index < -0.39 is 0 Å². The summed E-state index contributed by atoms with van der Waals surface area (Å²) >= 11 is 2.59. The molecule has 2 heterocycles. The van der Waals surface area contributed by atoms with Crippen molar-refractivity contribution >= 4 is 39.2 Å². The van der Waals surface area contributed by atoms with Gasteiger partial charge in [0.2, 0.25) is 5.91 Å². The Morgan fingerprint density at radius 3 is 2.62 bits per heavy atom. The van der Waals surface area contributed by atoms with Crippen LogP contribution >= 0.6 is 23.1 Å². The number of thioether (sulfide) groups is 1. The van der Waals surface area contributed by atoms with E-state index in [0.717, 1.165) is 5.56 Å². The minimum atomic E-state index is -0.163. The second-order valence-electron chi connectivity index (χ2n) is 6.76. The zero-order valence-electron chi connectivity index (χ0n) is 17.5. The highest BCUT2D eigenvalue weighted by Gasteiger charge is 2.15. The molecule has 0 radical (unpaired) electrons. The molecule has 1 N–H and O–H groups in total. The average Bonchev–Trinajstić information content (AvgIpc) is 3.31. The molecule has 0 bridgehead atoms. The van der Waals surface area contributed by atoms with Gasteiger partial charge in [-0.2, -0.15) is 0 Å². The third kappa shape index (κ3) is 4.63. The molecule has 32 heavy (non-hydrogen) atoms. The van der Waals surface area contributed by atoms with E-state index in [1.807, 2.05) is 53.9 Å². The maximum Gasteiger partial charge on any atom is 0.276 e. The number of amides is 1. The van der Waals surface area contributed by atoms with Crippen LogP contribution in [0.5, 0.6) is 11.5 Å². The van der Waals surface area contributed by atoms with Gasteiger partial charge in [-0.15, -0.1) is 11.3 Å². The molecule has 4 aromatic rings. The fraction of sp³-hybridized carbons (Fsp3) is 0.174. The monoisotopic (exact) mass is 467 g/mol. The Hall–Kier alpha value is -3.30. The number of aromatic nitrogens is 2. The number of fused-ring (bicyclic) bond motifs is 1. The smallest absolute Gasteiger partial charge is 0.276 e. The van der Waals surface area contributed by atoms with Crippen molar-refractivity contribution in [2.24, 2.45) is 0 Å². The first-order chi connectivity index (χ1) is 15.6. The standard InChI is InChI=1S/C23H21N3O4S2/c1-29-18-9-8-15(12-19(18)30-2)13-24-20(27)14-32-23-25-17-10-11-31-21(17)22(28)26(23)16-6-4-3-5-7-16/h3-12H,13-14H2,1-2H3,(H,24,27). The average molecular weight is 468 g/mol. The SMILES string of the molecule is COc1ccc(CNC(=O)CSc2nc3ccsc3c(=O)n2-c2ccccc2)cc1OC. The lowest BCUT2D eigenvalue weighted by atomic mass is 10.2. The lowest BCUT2D eigenvalue weighted by Crippen LogP contribution is -2.26. The van der Waals surface area contributed by atoms with Crippen molar-refractivity contribution in [1.29, 1.82) is 0 Å². The van der Waals surface area contributed by atoms with E-state index >= 15 is 0 Å². The molecule has 0 saturated carbocycles. The van der Waals surface area contributed by atoms with Gasteiger partial charge in [0.05, 0.1) is 31.2 Å². The number of nitrogens with zero attached hydrogens (tertiary/aromatic N) is 2. The van der Waals surface area contributed by atoms with E-state index in [1.54, 1.807) is 24.9 Å².